The van der Waals surface area contributed by atoms with Crippen LogP contribution >= 0.6 is 0 Å². The van der Waals surface area contributed by atoms with E-state index in [2.05, 4.69) is 18.7 Å². The van der Waals surface area contributed by atoms with Crippen molar-refractivity contribution in [1.29, 1.82) is 0 Å². The zero-order valence-corrected chi connectivity index (χ0v) is 12.9. The maximum absolute atomic E-state index is 5.91. The van der Waals surface area contributed by atoms with E-state index in [1.807, 2.05) is 48.5 Å². The SMILES string of the molecule is C=CCC(COc1ccc(OC)cc1)OCc1ccccc1. The number of ether oxygens (including phenoxy) is 3. The monoisotopic (exact) mass is 298 g/mol. The Labute approximate surface area is 132 Å². The van der Waals surface area contributed by atoms with Gasteiger partial charge in [-0.2, -0.15) is 0 Å². The second kappa shape index (κ2) is 8.90. The number of hydrogen-bond donors (Lipinski definition) is 0. The van der Waals surface area contributed by atoms with Crippen LogP contribution in [0, 0.1) is 0 Å². The van der Waals surface area contributed by atoms with Crippen LogP contribution in [0.25, 0.3) is 0 Å². The van der Waals surface area contributed by atoms with Crippen LogP contribution in [0.15, 0.2) is 67.3 Å². The summed E-state index contributed by atoms with van der Waals surface area (Å²) >= 11 is 0. The van der Waals surface area contributed by atoms with E-state index in [4.69, 9.17) is 14.2 Å². The van der Waals surface area contributed by atoms with E-state index >= 15 is 0 Å². The summed E-state index contributed by atoms with van der Waals surface area (Å²) in [5, 5.41) is 0. The minimum Gasteiger partial charge on any atom is -0.497 e. The summed E-state index contributed by atoms with van der Waals surface area (Å²) in [6.07, 6.45) is 2.59. The fourth-order valence-corrected chi connectivity index (χ4v) is 2.02. The molecule has 0 radical (unpaired) electrons. The lowest BCUT2D eigenvalue weighted by molar-refractivity contribution is 0.0116. The van der Waals surface area contributed by atoms with E-state index in [0.29, 0.717) is 13.2 Å². The molecule has 0 aliphatic rings. The molecule has 0 amide bonds. The molecule has 0 aliphatic carbocycles. The Balaban J connectivity index is 1.83. The molecule has 1 atom stereocenters. The molecule has 0 N–H and O–H groups in total. The van der Waals surface area contributed by atoms with Gasteiger partial charge < -0.3 is 14.2 Å². The molecule has 3 nitrogen and oxygen atoms in total. The van der Waals surface area contributed by atoms with Crippen molar-refractivity contribution in [3.8, 4) is 11.5 Å². The lowest BCUT2D eigenvalue weighted by Crippen LogP contribution is -2.21. The lowest BCUT2D eigenvalue weighted by Gasteiger charge is -2.17. The first-order chi connectivity index (χ1) is 10.8. The van der Waals surface area contributed by atoms with Crippen LogP contribution in [0.4, 0.5) is 0 Å². The second-order valence-corrected chi connectivity index (χ2v) is 4.93. The number of benzene rings is 2. The Bertz CT molecular complexity index is 549. The van der Waals surface area contributed by atoms with Crippen LogP contribution in [-0.4, -0.2) is 19.8 Å². The second-order valence-electron chi connectivity index (χ2n) is 4.93. The Hall–Kier alpha value is -2.26. The van der Waals surface area contributed by atoms with Crippen molar-refractivity contribution in [1.82, 2.24) is 0 Å². The molecule has 22 heavy (non-hydrogen) atoms. The average molecular weight is 298 g/mol. The molecular formula is C19H22O3. The zero-order valence-electron chi connectivity index (χ0n) is 12.9. The van der Waals surface area contributed by atoms with E-state index in [-0.39, 0.29) is 6.10 Å². The van der Waals surface area contributed by atoms with E-state index in [1.54, 1.807) is 7.11 Å². The predicted molar refractivity (Wildman–Crippen MR) is 88.3 cm³/mol. The van der Waals surface area contributed by atoms with Crippen molar-refractivity contribution in [2.24, 2.45) is 0 Å². The lowest BCUT2D eigenvalue weighted by atomic mass is 10.2. The fraction of sp³-hybridized carbons (Fsp3) is 0.263. The first-order valence-electron chi connectivity index (χ1n) is 7.35. The first-order valence-corrected chi connectivity index (χ1v) is 7.35. The van der Waals surface area contributed by atoms with Crippen molar-refractivity contribution in [3.05, 3.63) is 72.8 Å². The van der Waals surface area contributed by atoms with E-state index < -0.39 is 0 Å². The molecule has 0 saturated carbocycles. The minimum absolute atomic E-state index is 0.0141. The minimum atomic E-state index is -0.0141. The summed E-state index contributed by atoms with van der Waals surface area (Å²) < 4.78 is 16.8. The van der Waals surface area contributed by atoms with Gasteiger partial charge in [-0.3, -0.25) is 0 Å². The Kier molecular flexibility index (Phi) is 6.52. The highest BCUT2D eigenvalue weighted by atomic mass is 16.5. The third-order valence-electron chi connectivity index (χ3n) is 3.25. The molecule has 116 valence electrons. The highest BCUT2D eigenvalue weighted by Gasteiger charge is 2.09. The molecule has 3 heteroatoms. The molecule has 2 aromatic carbocycles. The van der Waals surface area contributed by atoms with Crippen LogP contribution in [0.2, 0.25) is 0 Å². The topological polar surface area (TPSA) is 27.7 Å². The molecule has 0 saturated heterocycles. The molecule has 1 unspecified atom stereocenters. The van der Waals surface area contributed by atoms with E-state index in [1.165, 1.54) is 0 Å². The molecule has 2 aromatic rings. The van der Waals surface area contributed by atoms with E-state index in [9.17, 15) is 0 Å². The van der Waals surface area contributed by atoms with Gasteiger partial charge in [-0.15, -0.1) is 6.58 Å². The summed E-state index contributed by atoms with van der Waals surface area (Å²) in [5.74, 6) is 1.62. The van der Waals surface area contributed by atoms with Gasteiger partial charge in [0.1, 0.15) is 18.1 Å². The van der Waals surface area contributed by atoms with Crippen molar-refractivity contribution < 1.29 is 14.2 Å². The third-order valence-corrected chi connectivity index (χ3v) is 3.25. The van der Waals surface area contributed by atoms with Crippen LogP contribution in [0.5, 0.6) is 11.5 Å². The molecule has 2 rings (SSSR count). The van der Waals surface area contributed by atoms with Gasteiger partial charge in [0.25, 0.3) is 0 Å². The number of hydrogen-bond acceptors (Lipinski definition) is 3. The normalized spacial score (nSPS) is 11.7. The standard InChI is InChI=1S/C19H22O3/c1-3-7-19(21-14-16-8-5-4-6-9-16)15-22-18-12-10-17(20-2)11-13-18/h3-6,8-13,19H,1,7,14-15H2,2H3. The maximum atomic E-state index is 5.91. The Morgan fingerprint density at radius 3 is 2.32 bits per heavy atom. The smallest absolute Gasteiger partial charge is 0.119 e. The van der Waals surface area contributed by atoms with Gasteiger partial charge in [0.15, 0.2) is 0 Å². The third kappa shape index (κ3) is 5.26. The molecule has 0 bridgehead atoms. The summed E-state index contributed by atoms with van der Waals surface area (Å²) in [4.78, 5) is 0. The van der Waals surface area contributed by atoms with Gasteiger partial charge in [-0.1, -0.05) is 36.4 Å². The van der Waals surface area contributed by atoms with Gasteiger partial charge in [0, 0.05) is 0 Å². The van der Waals surface area contributed by atoms with Crippen molar-refractivity contribution in [2.45, 2.75) is 19.1 Å². The molecule has 0 aromatic heterocycles. The molecule has 0 aliphatic heterocycles. The zero-order chi connectivity index (χ0) is 15.6. The Morgan fingerprint density at radius 1 is 1.00 bits per heavy atom. The summed E-state index contributed by atoms with van der Waals surface area (Å²) in [7, 11) is 1.65. The molecule has 0 heterocycles. The maximum Gasteiger partial charge on any atom is 0.119 e. The van der Waals surface area contributed by atoms with Gasteiger partial charge >= 0.3 is 0 Å². The van der Waals surface area contributed by atoms with Gasteiger partial charge in [-0.05, 0) is 36.2 Å². The van der Waals surface area contributed by atoms with Crippen LogP contribution < -0.4 is 9.47 Å². The first kappa shape index (κ1) is 16.1. The molecule has 0 fully saturated rings. The van der Waals surface area contributed by atoms with Crippen molar-refractivity contribution >= 4 is 0 Å². The number of rotatable bonds is 9. The average Bonchev–Trinajstić information content (AvgIpc) is 2.59. The van der Waals surface area contributed by atoms with Crippen LogP contribution in [0.1, 0.15) is 12.0 Å². The van der Waals surface area contributed by atoms with E-state index in [0.717, 1.165) is 23.5 Å². The summed E-state index contributed by atoms with van der Waals surface area (Å²) in [5.41, 5.74) is 1.15. The highest BCUT2D eigenvalue weighted by Crippen LogP contribution is 2.18. The predicted octanol–water partition coefficient (Wildman–Crippen LogP) is 4.24. The summed E-state index contributed by atoms with van der Waals surface area (Å²) in [6, 6.07) is 17.7. The number of methoxy groups -OCH3 is 1. The fourth-order valence-electron chi connectivity index (χ4n) is 2.02. The van der Waals surface area contributed by atoms with Gasteiger partial charge in [-0.25, -0.2) is 0 Å². The highest BCUT2D eigenvalue weighted by molar-refractivity contribution is 5.31. The van der Waals surface area contributed by atoms with Crippen LogP contribution in [0.3, 0.4) is 0 Å². The van der Waals surface area contributed by atoms with Crippen molar-refractivity contribution in [2.75, 3.05) is 13.7 Å². The van der Waals surface area contributed by atoms with Crippen LogP contribution in [-0.2, 0) is 11.3 Å². The van der Waals surface area contributed by atoms with Gasteiger partial charge in [0.05, 0.1) is 19.8 Å². The van der Waals surface area contributed by atoms with Gasteiger partial charge in [0.2, 0.25) is 0 Å². The molecular weight excluding hydrogens is 276 g/mol. The Morgan fingerprint density at radius 2 is 1.68 bits per heavy atom. The van der Waals surface area contributed by atoms with Crippen molar-refractivity contribution in [3.63, 3.8) is 0 Å². The largest absolute Gasteiger partial charge is 0.497 e. The summed E-state index contributed by atoms with van der Waals surface area (Å²) in [6.45, 7) is 4.85. The molecule has 0 spiro atoms. The quantitative estimate of drug-likeness (QED) is 0.648.